The average Bonchev–Trinajstić information content (AvgIpc) is 2.62. The second-order valence-electron chi connectivity index (χ2n) is 4.13. The van der Waals surface area contributed by atoms with Crippen molar-refractivity contribution in [3.63, 3.8) is 0 Å². The first kappa shape index (κ1) is 12.8. The van der Waals surface area contributed by atoms with Crippen molar-refractivity contribution < 1.29 is 9.53 Å². The van der Waals surface area contributed by atoms with Gasteiger partial charge in [0.1, 0.15) is 5.01 Å². The minimum Gasteiger partial charge on any atom is -0.372 e. The van der Waals surface area contributed by atoms with E-state index < -0.39 is 0 Å². The number of carbonyl (C=O) groups is 1. The van der Waals surface area contributed by atoms with Gasteiger partial charge >= 0.3 is 0 Å². The molecule has 0 radical (unpaired) electrons. The fraction of sp³-hybridized carbons (Fsp3) is 0.700. The van der Waals surface area contributed by atoms with Crippen molar-refractivity contribution in [2.24, 2.45) is 0 Å². The maximum atomic E-state index is 12.0. The topological polar surface area (TPSA) is 55.3 Å². The van der Waals surface area contributed by atoms with Crippen molar-refractivity contribution in [1.29, 1.82) is 0 Å². The Bertz CT molecular complexity index is 400. The van der Waals surface area contributed by atoms with Crippen LogP contribution in [0.25, 0.3) is 0 Å². The van der Waals surface area contributed by atoms with E-state index in [1.165, 1.54) is 11.5 Å². The summed E-state index contributed by atoms with van der Waals surface area (Å²) >= 11 is 2.41. The van der Waals surface area contributed by atoms with Gasteiger partial charge in [0.2, 0.25) is 5.16 Å². The minimum atomic E-state index is 0.00444. The molecule has 2 rings (SSSR count). The number of morpholine rings is 1. The number of hydrogen-bond donors (Lipinski definition) is 0. The molecule has 2 atom stereocenters. The lowest BCUT2D eigenvalue weighted by Crippen LogP contribution is -2.46. The Hall–Kier alpha value is -0.660. The van der Waals surface area contributed by atoms with Crippen molar-refractivity contribution in [2.75, 3.05) is 13.1 Å². The number of aromatic nitrogens is 2. The Balaban J connectivity index is 1.95. The van der Waals surface area contributed by atoms with Crippen LogP contribution in [0.4, 0.5) is 4.79 Å². The highest BCUT2D eigenvalue weighted by Gasteiger charge is 2.27. The Morgan fingerprint density at radius 3 is 2.65 bits per heavy atom. The lowest BCUT2D eigenvalue weighted by atomic mass is 10.2. The molecule has 1 aromatic rings. The van der Waals surface area contributed by atoms with Gasteiger partial charge < -0.3 is 9.64 Å². The average molecular weight is 273 g/mol. The summed E-state index contributed by atoms with van der Waals surface area (Å²) in [5, 5.41) is 1.43. The molecule has 2 heterocycles. The molecule has 0 spiro atoms. The van der Waals surface area contributed by atoms with Gasteiger partial charge in [0.15, 0.2) is 0 Å². The summed E-state index contributed by atoms with van der Waals surface area (Å²) in [4.78, 5) is 18.0. The van der Waals surface area contributed by atoms with Crippen LogP contribution >= 0.6 is 23.3 Å². The molecule has 0 N–H and O–H groups in total. The summed E-state index contributed by atoms with van der Waals surface area (Å²) in [7, 11) is 0. The highest BCUT2D eigenvalue weighted by atomic mass is 32.2. The first-order chi connectivity index (χ1) is 8.04. The number of amides is 1. The van der Waals surface area contributed by atoms with Crippen molar-refractivity contribution >= 4 is 28.5 Å². The quantitative estimate of drug-likeness (QED) is 0.734. The maximum absolute atomic E-state index is 12.0. The zero-order valence-corrected chi connectivity index (χ0v) is 11.7. The fourth-order valence-electron chi connectivity index (χ4n) is 1.79. The zero-order chi connectivity index (χ0) is 12.4. The van der Waals surface area contributed by atoms with E-state index in [-0.39, 0.29) is 17.4 Å². The SMILES string of the molecule is Cc1nc(SC(=O)N2CC(C)OC(C)C2)ns1. The van der Waals surface area contributed by atoms with Gasteiger partial charge in [-0.2, -0.15) is 4.37 Å². The summed E-state index contributed by atoms with van der Waals surface area (Å²) in [6, 6.07) is 0. The molecule has 1 fully saturated rings. The number of nitrogens with zero attached hydrogens (tertiary/aromatic N) is 3. The highest BCUT2D eigenvalue weighted by molar-refractivity contribution is 8.13. The summed E-state index contributed by atoms with van der Waals surface area (Å²) in [6.07, 6.45) is 0.182. The summed E-state index contributed by atoms with van der Waals surface area (Å²) in [5.74, 6) is 0. The summed E-state index contributed by atoms with van der Waals surface area (Å²) < 4.78 is 9.69. The molecule has 1 aliphatic rings. The number of carbonyl (C=O) groups excluding carboxylic acids is 1. The monoisotopic (exact) mass is 273 g/mol. The molecule has 94 valence electrons. The predicted molar refractivity (Wildman–Crippen MR) is 67.5 cm³/mol. The van der Waals surface area contributed by atoms with E-state index >= 15 is 0 Å². The van der Waals surface area contributed by atoms with Gasteiger partial charge in [-0.3, -0.25) is 4.79 Å². The first-order valence-corrected chi connectivity index (χ1v) is 7.06. The third kappa shape index (κ3) is 3.40. The van der Waals surface area contributed by atoms with Crippen molar-refractivity contribution in [2.45, 2.75) is 38.1 Å². The van der Waals surface area contributed by atoms with Gasteiger partial charge in [-0.25, -0.2) is 4.98 Å². The lowest BCUT2D eigenvalue weighted by molar-refractivity contribution is -0.0515. The highest BCUT2D eigenvalue weighted by Crippen LogP contribution is 2.22. The van der Waals surface area contributed by atoms with Gasteiger partial charge in [-0.15, -0.1) is 0 Å². The molecular formula is C10H15N3O2S2. The maximum Gasteiger partial charge on any atom is 0.289 e. The molecule has 0 aliphatic carbocycles. The normalized spacial score (nSPS) is 25.0. The Kier molecular flexibility index (Phi) is 4.01. The number of ether oxygens (including phenoxy) is 1. The zero-order valence-electron chi connectivity index (χ0n) is 10.0. The summed E-state index contributed by atoms with van der Waals surface area (Å²) in [6.45, 7) is 7.11. The smallest absolute Gasteiger partial charge is 0.289 e. The number of thioether (sulfide) groups is 1. The van der Waals surface area contributed by atoms with E-state index in [0.29, 0.717) is 18.2 Å². The van der Waals surface area contributed by atoms with Gasteiger partial charge in [0, 0.05) is 24.9 Å². The van der Waals surface area contributed by atoms with Crippen LogP contribution in [0.1, 0.15) is 18.9 Å². The number of hydrogen-bond acceptors (Lipinski definition) is 6. The molecule has 1 aliphatic heterocycles. The van der Waals surface area contributed by atoms with Crippen LogP contribution < -0.4 is 0 Å². The Labute approximate surface area is 109 Å². The fourth-order valence-corrected chi connectivity index (χ4v) is 3.11. The first-order valence-electron chi connectivity index (χ1n) is 5.47. The van der Waals surface area contributed by atoms with Crippen LogP contribution in [0.3, 0.4) is 0 Å². The second kappa shape index (κ2) is 5.32. The molecular weight excluding hydrogens is 258 g/mol. The molecule has 17 heavy (non-hydrogen) atoms. The van der Waals surface area contributed by atoms with Crippen LogP contribution in [-0.2, 0) is 4.74 Å². The van der Waals surface area contributed by atoms with E-state index in [9.17, 15) is 4.79 Å². The summed E-state index contributed by atoms with van der Waals surface area (Å²) in [5.41, 5.74) is 0. The van der Waals surface area contributed by atoms with Crippen molar-refractivity contribution in [1.82, 2.24) is 14.3 Å². The molecule has 2 unspecified atom stereocenters. The standard InChI is InChI=1S/C10H15N3O2S2/c1-6-4-13(5-7(2)15-6)10(14)16-9-11-8(3)17-12-9/h6-7H,4-5H2,1-3H3. The van der Waals surface area contributed by atoms with Gasteiger partial charge in [0.05, 0.1) is 12.2 Å². The number of rotatable bonds is 1. The van der Waals surface area contributed by atoms with E-state index in [1.807, 2.05) is 20.8 Å². The molecule has 5 nitrogen and oxygen atoms in total. The largest absolute Gasteiger partial charge is 0.372 e. The van der Waals surface area contributed by atoms with Crippen LogP contribution in [0, 0.1) is 6.92 Å². The third-order valence-corrected chi connectivity index (χ3v) is 3.90. The molecule has 0 bridgehead atoms. The molecule has 1 aromatic heterocycles. The van der Waals surface area contributed by atoms with Crippen LogP contribution in [-0.4, -0.2) is 44.8 Å². The van der Waals surface area contributed by atoms with Crippen molar-refractivity contribution in [3.8, 4) is 0 Å². The Morgan fingerprint density at radius 2 is 2.12 bits per heavy atom. The lowest BCUT2D eigenvalue weighted by Gasteiger charge is -2.34. The van der Waals surface area contributed by atoms with E-state index in [0.717, 1.165) is 16.8 Å². The molecule has 0 aromatic carbocycles. The van der Waals surface area contributed by atoms with Crippen LogP contribution in [0.5, 0.6) is 0 Å². The van der Waals surface area contributed by atoms with E-state index in [4.69, 9.17) is 4.74 Å². The molecule has 1 saturated heterocycles. The van der Waals surface area contributed by atoms with Gasteiger partial charge in [-0.05, 0) is 32.3 Å². The van der Waals surface area contributed by atoms with E-state index in [2.05, 4.69) is 9.36 Å². The molecule has 1 amide bonds. The third-order valence-electron chi connectivity index (χ3n) is 2.37. The second-order valence-corrected chi connectivity index (χ2v) is 6.00. The van der Waals surface area contributed by atoms with Gasteiger partial charge in [0.25, 0.3) is 5.24 Å². The van der Waals surface area contributed by atoms with Crippen LogP contribution in [0.2, 0.25) is 0 Å². The van der Waals surface area contributed by atoms with Crippen molar-refractivity contribution in [3.05, 3.63) is 5.01 Å². The number of aryl methyl sites for hydroxylation is 1. The molecule has 0 saturated carbocycles. The van der Waals surface area contributed by atoms with Crippen LogP contribution in [0.15, 0.2) is 5.16 Å². The Morgan fingerprint density at radius 1 is 1.47 bits per heavy atom. The molecule has 7 heteroatoms. The minimum absolute atomic E-state index is 0.00444. The predicted octanol–water partition coefficient (Wildman–Crippen LogP) is 2.17. The van der Waals surface area contributed by atoms with E-state index in [1.54, 1.807) is 4.90 Å². The van der Waals surface area contributed by atoms with Gasteiger partial charge in [-0.1, -0.05) is 0 Å².